The van der Waals surface area contributed by atoms with Crippen LogP contribution >= 0.6 is 0 Å². The fourth-order valence-corrected chi connectivity index (χ4v) is 1.62. The molecular weight excluding hydrogens is 254 g/mol. The van der Waals surface area contributed by atoms with Gasteiger partial charge >= 0.3 is 0 Å². The van der Waals surface area contributed by atoms with Gasteiger partial charge in [-0.05, 0) is 48.5 Å². The summed E-state index contributed by atoms with van der Waals surface area (Å²) in [7, 11) is 1.58. The van der Waals surface area contributed by atoms with Crippen LogP contribution < -0.4 is 10.1 Å². The number of carbonyl (C=O) groups excluding carboxylic acids is 1. The fourth-order valence-electron chi connectivity index (χ4n) is 1.62. The number of phenolic OH excluding ortho intramolecular Hbond substituents is 1. The van der Waals surface area contributed by atoms with Crippen LogP contribution in [0.5, 0.6) is 11.5 Å². The Morgan fingerprint density at radius 1 is 1.10 bits per heavy atom. The Morgan fingerprint density at radius 3 is 2.35 bits per heavy atom. The Balaban J connectivity index is 1.96. The van der Waals surface area contributed by atoms with Crippen LogP contribution in [0.1, 0.15) is 10.4 Å². The first-order valence-corrected chi connectivity index (χ1v) is 6.09. The molecule has 0 aromatic heterocycles. The molecule has 4 nitrogen and oxygen atoms in total. The van der Waals surface area contributed by atoms with Crippen molar-refractivity contribution in [3.63, 3.8) is 0 Å². The molecule has 0 aliphatic carbocycles. The molecule has 0 amide bonds. The van der Waals surface area contributed by atoms with Crippen LogP contribution in [0.15, 0.2) is 60.8 Å². The van der Waals surface area contributed by atoms with Gasteiger partial charge in [0.25, 0.3) is 0 Å². The first kappa shape index (κ1) is 13.7. The van der Waals surface area contributed by atoms with Crippen molar-refractivity contribution in [1.82, 2.24) is 0 Å². The van der Waals surface area contributed by atoms with Crippen molar-refractivity contribution in [2.75, 3.05) is 12.4 Å². The summed E-state index contributed by atoms with van der Waals surface area (Å²) in [6, 6.07) is 13.5. The number of aromatic hydroxyl groups is 1. The number of phenols is 1. The number of hydrogen-bond acceptors (Lipinski definition) is 4. The third-order valence-electron chi connectivity index (χ3n) is 2.73. The maximum absolute atomic E-state index is 11.9. The van der Waals surface area contributed by atoms with Gasteiger partial charge in [0.1, 0.15) is 11.5 Å². The van der Waals surface area contributed by atoms with Crippen LogP contribution in [0.4, 0.5) is 5.69 Å². The standard InChI is InChI=1S/C16H15NO3/c1-20-15-8-2-12(3-9-15)16(19)10-11-17-13-4-6-14(18)7-5-13/h2-11,17-18H,1H3/b11-10+. The Morgan fingerprint density at radius 2 is 1.75 bits per heavy atom. The van der Waals surface area contributed by atoms with Gasteiger partial charge in [0.2, 0.25) is 0 Å². The molecule has 2 N–H and O–H groups in total. The van der Waals surface area contributed by atoms with Crippen molar-refractivity contribution < 1.29 is 14.6 Å². The molecule has 0 bridgehead atoms. The van der Waals surface area contributed by atoms with Gasteiger partial charge in [-0.1, -0.05) is 0 Å². The summed E-state index contributed by atoms with van der Waals surface area (Å²) in [5.41, 5.74) is 1.39. The summed E-state index contributed by atoms with van der Waals surface area (Å²) in [4.78, 5) is 11.9. The number of anilines is 1. The van der Waals surface area contributed by atoms with Gasteiger partial charge in [0.05, 0.1) is 7.11 Å². The number of ketones is 1. The summed E-state index contributed by atoms with van der Waals surface area (Å²) >= 11 is 0. The molecule has 0 spiro atoms. The lowest BCUT2D eigenvalue weighted by Gasteiger charge is -2.01. The highest BCUT2D eigenvalue weighted by atomic mass is 16.5. The number of methoxy groups -OCH3 is 1. The number of allylic oxidation sites excluding steroid dienone is 1. The number of carbonyl (C=O) groups is 1. The van der Waals surface area contributed by atoms with Crippen LogP contribution in [-0.2, 0) is 0 Å². The lowest BCUT2D eigenvalue weighted by molar-refractivity contribution is 0.104. The van der Waals surface area contributed by atoms with E-state index in [1.54, 1.807) is 61.8 Å². The van der Waals surface area contributed by atoms with E-state index in [2.05, 4.69) is 5.32 Å². The second kappa shape index (κ2) is 6.43. The number of nitrogens with one attached hydrogen (secondary N) is 1. The average molecular weight is 269 g/mol. The normalized spacial score (nSPS) is 10.4. The largest absolute Gasteiger partial charge is 0.508 e. The molecule has 0 saturated carbocycles. The molecule has 0 radical (unpaired) electrons. The van der Waals surface area contributed by atoms with Gasteiger partial charge in [-0.15, -0.1) is 0 Å². The van der Waals surface area contributed by atoms with E-state index < -0.39 is 0 Å². The first-order chi connectivity index (χ1) is 9.69. The summed E-state index contributed by atoms with van der Waals surface area (Å²) in [6.07, 6.45) is 3.02. The molecule has 2 aromatic rings. The topological polar surface area (TPSA) is 58.6 Å². The highest BCUT2D eigenvalue weighted by Crippen LogP contribution is 2.14. The van der Waals surface area contributed by atoms with Crippen LogP contribution in [-0.4, -0.2) is 18.0 Å². The van der Waals surface area contributed by atoms with Crippen LogP contribution in [0.3, 0.4) is 0 Å². The highest BCUT2D eigenvalue weighted by Gasteiger charge is 2.01. The molecule has 2 aromatic carbocycles. The van der Waals surface area contributed by atoms with Gasteiger partial charge in [0, 0.05) is 23.5 Å². The number of benzene rings is 2. The van der Waals surface area contributed by atoms with Crippen molar-refractivity contribution in [2.24, 2.45) is 0 Å². The van der Waals surface area contributed by atoms with Gasteiger partial charge < -0.3 is 15.2 Å². The summed E-state index contributed by atoms with van der Waals surface area (Å²) in [5.74, 6) is 0.820. The molecule has 2 rings (SSSR count). The predicted octanol–water partition coefficient (Wildman–Crippen LogP) is 3.21. The van der Waals surface area contributed by atoms with E-state index in [0.717, 1.165) is 5.69 Å². The highest BCUT2D eigenvalue weighted by molar-refractivity contribution is 6.04. The molecule has 0 aliphatic rings. The Kier molecular flexibility index (Phi) is 4.39. The maximum Gasteiger partial charge on any atom is 0.187 e. The monoisotopic (exact) mass is 269 g/mol. The van der Waals surface area contributed by atoms with Crippen molar-refractivity contribution in [1.29, 1.82) is 0 Å². The Hall–Kier alpha value is -2.75. The molecule has 0 fully saturated rings. The van der Waals surface area contributed by atoms with E-state index in [-0.39, 0.29) is 11.5 Å². The average Bonchev–Trinajstić information content (AvgIpc) is 2.49. The van der Waals surface area contributed by atoms with E-state index in [1.807, 2.05) is 0 Å². The number of rotatable bonds is 5. The van der Waals surface area contributed by atoms with Crippen molar-refractivity contribution in [3.05, 3.63) is 66.4 Å². The smallest absolute Gasteiger partial charge is 0.187 e. The minimum atomic E-state index is -0.0982. The zero-order valence-corrected chi connectivity index (χ0v) is 11.0. The SMILES string of the molecule is COc1ccc(C(=O)/C=C/Nc2ccc(O)cc2)cc1. The first-order valence-electron chi connectivity index (χ1n) is 6.09. The molecule has 0 aliphatic heterocycles. The fraction of sp³-hybridized carbons (Fsp3) is 0.0625. The van der Waals surface area contributed by atoms with E-state index >= 15 is 0 Å². The van der Waals surface area contributed by atoms with Crippen LogP contribution in [0.25, 0.3) is 0 Å². The van der Waals surface area contributed by atoms with Crippen LogP contribution in [0, 0.1) is 0 Å². The quantitative estimate of drug-likeness (QED) is 0.497. The predicted molar refractivity (Wildman–Crippen MR) is 78.2 cm³/mol. The van der Waals surface area contributed by atoms with Gasteiger partial charge in [-0.3, -0.25) is 4.79 Å². The van der Waals surface area contributed by atoms with Gasteiger partial charge in [-0.25, -0.2) is 0 Å². The summed E-state index contributed by atoms with van der Waals surface area (Å²) in [6.45, 7) is 0. The Labute approximate surface area is 117 Å². The minimum Gasteiger partial charge on any atom is -0.508 e. The molecule has 0 atom stereocenters. The van der Waals surface area contributed by atoms with Crippen molar-refractivity contribution in [2.45, 2.75) is 0 Å². The Bertz CT molecular complexity index is 601. The zero-order chi connectivity index (χ0) is 14.4. The second-order valence-electron chi connectivity index (χ2n) is 4.12. The third kappa shape index (κ3) is 3.62. The second-order valence-corrected chi connectivity index (χ2v) is 4.12. The van der Waals surface area contributed by atoms with Gasteiger partial charge in [-0.2, -0.15) is 0 Å². The molecule has 0 unspecified atom stereocenters. The van der Waals surface area contributed by atoms with E-state index in [4.69, 9.17) is 9.84 Å². The van der Waals surface area contributed by atoms with Crippen molar-refractivity contribution in [3.8, 4) is 11.5 Å². The van der Waals surface area contributed by atoms with Crippen LogP contribution in [0.2, 0.25) is 0 Å². The zero-order valence-electron chi connectivity index (χ0n) is 11.0. The number of hydrogen-bond donors (Lipinski definition) is 2. The van der Waals surface area contributed by atoms with Crippen molar-refractivity contribution >= 4 is 11.5 Å². The van der Waals surface area contributed by atoms with Gasteiger partial charge in [0.15, 0.2) is 5.78 Å². The molecule has 20 heavy (non-hydrogen) atoms. The minimum absolute atomic E-state index is 0.0982. The molecule has 102 valence electrons. The van der Waals surface area contributed by atoms with E-state index in [0.29, 0.717) is 11.3 Å². The summed E-state index contributed by atoms with van der Waals surface area (Å²) < 4.78 is 5.04. The third-order valence-corrected chi connectivity index (χ3v) is 2.73. The maximum atomic E-state index is 11.9. The summed E-state index contributed by atoms with van der Waals surface area (Å²) in [5, 5.41) is 12.1. The lowest BCUT2D eigenvalue weighted by atomic mass is 10.1. The number of ether oxygens (including phenoxy) is 1. The molecule has 0 heterocycles. The van der Waals surface area contributed by atoms with E-state index in [1.165, 1.54) is 6.08 Å². The lowest BCUT2D eigenvalue weighted by Crippen LogP contribution is -1.96. The molecule has 4 heteroatoms. The molecule has 0 saturated heterocycles. The molecular formula is C16H15NO3. The van der Waals surface area contributed by atoms with E-state index in [9.17, 15) is 4.79 Å².